The van der Waals surface area contributed by atoms with E-state index in [9.17, 15) is 9.59 Å². The van der Waals surface area contributed by atoms with Gasteiger partial charge in [0.2, 0.25) is 5.91 Å². The van der Waals surface area contributed by atoms with Crippen LogP contribution in [0, 0.1) is 0 Å². The molecule has 3 N–H and O–H groups in total. The lowest BCUT2D eigenvalue weighted by atomic mass is 10.2. The number of aromatic nitrogens is 2. The summed E-state index contributed by atoms with van der Waals surface area (Å²) in [6.07, 6.45) is 1.39. The first-order valence-electron chi connectivity index (χ1n) is 5.82. The quantitative estimate of drug-likeness (QED) is 0.847. The molecule has 8 heteroatoms. The maximum absolute atomic E-state index is 11.5. The smallest absolute Gasteiger partial charge is 0.258 e. The fraction of sp³-hybridized carbons (Fsp3) is 0.167. The average molecular weight is 289 g/mol. The number of hydrogen-bond acceptors (Lipinski definition) is 6. The summed E-state index contributed by atoms with van der Waals surface area (Å²) in [7, 11) is 1.80. The molecule has 102 valence electrons. The zero-order valence-electron chi connectivity index (χ0n) is 10.6. The Morgan fingerprint density at radius 1 is 1.45 bits per heavy atom. The molecular formula is C12H11N5O2S. The summed E-state index contributed by atoms with van der Waals surface area (Å²) in [5, 5.41) is 2.71. The number of hydrogen-bond donors (Lipinski definition) is 2. The number of nitrogens with two attached hydrogens (primary N) is 1. The van der Waals surface area contributed by atoms with Crippen LogP contribution in [0.5, 0.6) is 0 Å². The van der Waals surface area contributed by atoms with E-state index < -0.39 is 5.91 Å². The summed E-state index contributed by atoms with van der Waals surface area (Å²) >= 11 is 1.27. The molecule has 1 aliphatic heterocycles. The Bertz CT molecular complexity index is 712. The minimum atomic E-state index is -0.467. The number of rotatable bonds is 2. The van der Waals surface area contributed by atoms with Crippen LogP contribution in [0.1, 0.15) is 9.67 Å². The minimum Gasteiger partial charge on any atom is -0.365 e. The van der Waals surface area contributed by atoms with Gasteiger partial charge in [0.05, 0.1) is 16.3 Å². The van der Waals surface area contributed by atoms with Gasteiger partial charge in [-0.3, -0.25) is 9.59 Å². The van der Waals surface area contributed by atoms with Crippen LogP contribution in [0.25, 0.3) is 10.6 Å². The molecule has 0 aromatic carbocycles. The van der Waals surface area contributed by atoms with Gasteiger partial charge in [-0.1, -0.05) is 0 Å². The lowest BCUT2D eigenvalue weighted by molar-refractivity contribution is -0.115. The summed E-state index contributed by atoms with van der Waals surface area (Å²) in [5.74, 6) is -0.109. The third-order valence-corrected chi connectivity index (χ3v) is 4.03. The van der Waals surface area contributed by atoms with Crippen molar-refractivity contribution in [1.29, 1.82) is 0 Å². The maximum atomic E-state index is 11.5. The molecular weight excluding hydrogens is 278 g/mol. The second-order valence-electron chi connectivity index (χ2n) is 4.35. The summed E-state index contributed by atoms with van der Waals surface area (Å²) < 4.78 is 0. The molecule has 2 amide bonds. The van der Waals surface area contributed by atoms with Gasteiger partial charge in [0.25, 0.3) is 5.91 Å². The fourth-order valence-electron chi connectivity index (χ4n) is 2.08. The van der Waals surface area contributed by atoms with E-state index in [4.69, 9.17) is 5.73 Å². The lowest BCUT2D eigenvalue weighted by Gasteiger charge is -2.27. The van der Waals surface area contributed by atoms with Crippen molar-refractivity contribution in [2.75, 3.05) is 23.8 Å². The average Bonchev–Trinajstić information content (AvgIpc) is 2.87. The van der Waals surface area contributed by atoms with E-state index >= 15 is 0 Å². The Kier molecular flexibility index (Phi) is 2.87. The molecule has 2 aromatic heterocycles. The third-order valence-electron chi connectivity index (χ3n) is 2.92. The Morgan fingerprint density at radius 3 is 2.95 bits per heavy atom. The number of amides is 2. The van der Waals surface area contributed by atoms with Gasteiger partial charge in [0.15, 0.2) is 5.82 Å². The maximum Gasteiger partial charge on any atom is 0.258 e. The van der Waals surface area contributed by atoms with Crippen molar-refractivity contribution in [2.24, 2.45) is 5.73 Å². The van der Waals surface area contributed by atoms with E-state index in [2.05, 4.69) is 15.3 Å². The molecule has 0 bridgehead atoms. The number of thiophene rings is 1. The van der Waals surface area contributed by atoms with Crippen molar-refractivity contribution in [1.82, 2.24) is 9.97 Å². The second-order valence-corrected chi connectivity index (χ2v) is 5.44. The van der Waals surface area contributed by atoms with Crippen molar-refractivity contribution in [3.8, 4) is 10.6 Å². The van der Waals surface area contributed by atoms with Crippen LogP contribution in [0.3, 0.4) is 0 Å². The number of nitrogens with one attached hydrogen (secondary N) is 1. The van der Waals surface area contributed by atoms with Crippen LogP contribution in [0.4, 0.5) is 11.5 Å². The first-order valence-corrected chi connectivity index (χ1v) is 6.64. The Balaban J connectivity index is 2.12. The van der Waals surface area contributed by atoms with Crippen molar-refractivity contribution < 1.29 is 9.59 Å². The Hall–Kier alpha value is -2.48. The van der Waals surface area contributed by atoms with Crippen LogP contribution >= 0.6 is 11.3 Å². The van der Waals surface area contributed by atoms with E-state index in [0.717, 1.165) is 10.6 Å². The van der Waals surface area contributed by atoms with Crippen molar-refractivity contribution >= 4 is 34.7 Å². The van der Waals surface area contributed by atoms with E-state index in [1.54, 1.807) is 24.1 Å². The SMILES string of the molecule is CN1CC(=O)Nc2ncnc(-c3ccc(C(N)=O)s3)c21. The van der Waals surface area contributed by atoms with Crippen LogP contribution in [-0.4, -0.2) is 35.4 Å². The van der Waals surface area contributed by atoms with Gasteiger partial charge < -0.3 is 16.0 Å². The normalized spacial score (nSPS) is 13.8. The molecule has 0 unspecified atom stereocenters. The Morgan fingerprint density at radius 2 is 2.25 bits per heavy atom. The summed E-state index contributed by atoms with van der Waals surface area (Å²) in [6, 6.07) is 3.45. The molecule has 0 aliphatic carbocycles. The molecule has 0 radical (unpaired) electrons. The number of primary amides is 1. The van der Waals surface area contributed by atoms with Crippen molar-refractivity contribution in [3.63, 3.8) is 0 Å². The predicted octanol–water partition coefficient (Wildman–Crippen LogP) is 0.692. The standard InChI is InChI=1S/C12H11N5O2S/c1-17-4-8(18)16-12-10(17)9(14-5-15-12)6-2-3-7(20-6)11(13)19/h2-3,5H,4H2,1H3,(H2,13,19)(H,14,15,16,18). The van der Waals surface area contributed by atoms with Gasteiger partial charge in [-0.25, -0.2) is 9.97 Å². The molecule has 3 rings (SSSR count). The second kappa shape index (κ2) is 4.57. The minimum absolute atomic E-state index is 0.117. The van der Waals surface area contributed by atoms with Gasteiger partial charge in [-0.15, -0.1) is 11.3 Å². The fourth-order valence-corrected chi connectivity index (χ4v) is 2.93. The summed E-state index contributed by atoms with van der Waals surface area (Å²) in [4.78, 5) is 34.1. The zero-order valence-corrected chi connectivity index (χ0v) is 11.4. The molecule has 0 fully saturated rings. The highest BCUT2D eigenvalue weighted by Crippen LogP contribution is 2.38. The highest BCUT2D eigenvalue weighted by atomic mass is 32.1. The highest BCUT2D eigenvalue weighted by molar-refractivity contribution is 7.17. The van der Waals surface area contributed by atoms with E-state index in [0.29, 0.717) is 16.4 Å². The molecule has 0 saturated carbocycles. The number of nitrogens with zero attached hydrogens (tertiary/aromatic N) is 3. The molecule has 1 aliphatic rings. The Labute approximate surface area is 118 Å². The number of fused-ring (bicyclic) bond motifs is 1. The molecule has 0 atom stereocenters. The van der Waals surface area contributed by atoms with Crippen LogP contribution < -0.4 is 16.0 Å². The summed E-state index contributed by atoms with van der Waals surface area (Å²) in [5.41, 5.74) is 6.68. The monoisotopic (exact) mass is 289 g/mol. The van der Waals surface area contributed by atoms with Crippen molar-refractivity contribution in [3.05, 3.63) is 23.3 Å². The van der Waals surface area contributed by atoms with Gasteiger partial charge in [-0.05, 0) is 12.1 Å². The third kappa shape index (κ3) is 1.99. The first-order chi connectivity index (χ1) is 9.56. The molecule has 20 heavy (non-hydrogen) atoms. The van der Waals surface area contributed by atoms with Crippen LogP contribution in [0.2, 0.25) is 0 Å². The van der Waals surface area contributed by atoms with Crippen LogP contribution in [-0.2, 0) is 4.79 Å². The van der Waals surface area contributed by atoms with E-state index in [1.807, 2.05) is 0 Å². The number of carbonyl (C=O) groups is 2. The van der Waals surface area contributed by atoms with Crippen LogP contribution in [0.15, 0.2) is 18.5 Å². The summed E-state index contributed by atoms with van der Waals surface area (Å²) in [6.45, 7) is 0.238. The van der Waals surface area contributed by atoms with Gasteiger partial charge in [-0.2, -0.15) is 0 Å². The number of likely N-dealkylation sites (N-methyl/N-ethyl adjacent to an activating group) is 1. The molecule has 3 heterocycles. The number of anilines is 2. The van der Waals surface area contributed by atoms with Gasteiger partial charge in [0, 0.05) is 7.05 Å². The van der Waals surface area contributed by atoms with Gasteiger partial charge >= 0.3 is 0 Å². The largest absolute Gasteiger partial charge is 0.365 e. The molecule has 7 nitrogen and oxygen atoms in total. The van der Waals surface area contributed by atoms with E-state index in [1.165, 1.54) is 17.7 Å². The predicted molar refractivity (Wildman–Crippen MR) is 75.8 cm³/mol. The topological polar surface area (TPSA) is 101 Å². The molecule has 0 spiro atoms. The van der Waals surface area contributed by atoms with E-state index in [-0.39, 0.29) is 12.5 Å². The first kappa shape index (κ1) is 12.5. The molecule has 2 aromatic rings. The highest BCUT2D eigenvalue weighted by Gasteiger charge is 2.25. The van der Waals surface area contributed by atoms with Gasteiger partial charge in [0.1, 0.15) is 17.7 Å². The molecule has 0 saturated heterocycles. The zero-order chi connectivity index (χ0) is 14.3. The van der Waals surface area contributed by atoms with Crippen molar-refractivity contribution in [2.45, 2.75) is 0 Å². The number of carbonyl (C=O) groups excluding carboxylic acids is 2. The lowest BCUT2D eigenvalue weighted by Crippen LogP contribution is -2.36.